The number of urea groups is 1. The number of pyridine rings is 1. The summed E-state index contributed by atoms with van der Waals surface area (Å²) in [7, 11) is 1.17. The average molecular weight is 449 g/mol. The Kier molecular flexibility index (Phi) is 5.59. The summed E-state index contributed by atoms with van der Waals surface area (Å²) in [5, 5.41) is 1.54. The van der Waals surface area contributed by atoms with Gasteiger partial charge >= 0.3 is 12.2 Å². The molecule has 2 aromatic rings. The molecular weight excluding hydrogens is 435 g/mol. The average Bonchev–Trinajstić information content (AvgIpc) is 3.05. The van der Waals surface area contributed by atoms with Gasteiger partial charge in [-0.15, -0.1) is 0 Å². The van der Waals surface area contributed by atoms with Crippen molar-refractivity contribution in [3.63, 3.8) is 0 Å². The monoisotopic (exact) mass is 448 g/mol. The van der Waals surface area contributed by atoms with Gasteiger partial charge in [-0.1, -0.05) is 11.6 Å². The Morgan fingerprint density at radius 3 is 2.60 bits per heavy atom. The van der Waals surface area contributed by atoms with E-state index in [0.717, 1.165) is 28.0 Å². The number of nitrogens with one attached hydrogen (secondary N) is 1. The molecule has 160 valence electrons. The van der Waals surface area contributed by atoms with Gasteiger partial charge in [0.05, 0.1) is 11.3 Å². The van der Waals surface area contributed by atoms with Crippen LogP contribution in [0.15, 0.2) is 24.3 Å². The van der Waals surface area contributed by atoms with Crippen molar-refractivity contribution in [2.75, 3.05) is 23.4 Å². The fraction of sp³-hybridized carbons (Fsp3) is 0.278. The summed E-state index contributed by atoms with van der Waals surface area (Å²) < 4.78 is 67.1. The Bertz CT molecular complexity index is 1030. The number of carbonyl (C=O) groups excluding carboxylic acids is 2. The van der Waals surface area contributed by atoms with Gasteiger partial charge in [0.15, 0.2) is 5.82 Å². The zero-order valence-corrected chi connectivity index (χ0v) is 16.3. The van der Waals surface area contributed by atoms with Gasteiger partial charge in [0, 0.05) is 19.3 Å². The van der Waals surface area contributed by atoms with E-state index >= 15 is 0 Å². The van der Waals surface area contributed by atoms with Gasteiger partial charge in [0.1, 0.15) is 22.7 Å². The molecule has 1 atom stereocenters. The van der Waals surface area contributed by atoms with Crippen molar-refractivity contribution in [1.82, 2.24) is 10.3 Å². The Labute approximate surface area is 172 Å². The zero-order valence-electron chi connectivity index (χ0n) is 15.5. The summed E-state index contributed by atoms with van der Waals surface area (Å²) in [5.74, 6) is -3.44. The molecule has 1 aromatic heterocycles. The molecule has 1 aromatic carbocycles. The number of alkyl halides is 3. The van der Waals surface area contributed by atoms with E-state index in [1.165, 1.54) is 14.0 Å². The fourth-order valence-electron chi connectivity index (χ4n) is 3.02. The van der Waals surface area contributed by atoms with Crippen LogP contribution in [-0.2, 0) is 11.0 Å². The van der Waals surface area contributed by atoms with E-state index in [1.54, 1.807) is 0 Å². The summed E-state index contributed by atoms with van der Waals surface area (Å²) >= 11 is 5.54. The normalized spacial score (nSPS) is 16.6. The minimum atomic E-state index is -4.69. The van der Waals surface area contributed by atoms with E-state index in [1.807, 2.05) is 0 Å². The van der Waals surface area contributed by atoms with Gasteiger partial charge in [0.2, 0.25) is 0 Å². The first-order chi connectivity index (χ1) is 13.9. The smallest absolute Gasteiger partial charge is 0.335 e. The molecule has 0 saturated carbocycles. The lowest BCUT2D eigenvalue weighted by molar-refractivity contribution is -0.137. The number of likely N-dealkylation sites (N-methyl/N-ethyl adjacent to an activating group) is 1. The molecular formula is C18H14ClF5N4O2. The zero-order chi connectivity index (χ0) is 22.4. The molecule has 30 heavy (non-hydrogen) atoms. The van der Waals surface area contributed by atoms with Crippen molar-refractivity contribution in [3.8, 4) is 0 Å². The first-order valence-corrected chi connectivity index (χ1v) is 8.83. The van der Waals surface area contributed by atoms with Crippen molar-refractivity contribution in [2.24, 2.45) is 0 Å². The maximum Gasteiger partial charge on any atom is 0.416 e. The van der Waals surface area contributed by atoms with Crippen LogP contribution in [-0.4, -0.2) is 36.6 Å². The van der Waals surface area contributed by atoms with Crippen LogP contribution < -0.4 is 15.1 Å². The van der Waals surface area contributed by atoms with Crippen LogP contribution in [0.3, 0.4) is 0 Å². The Hall–Kier alpha value is -2.95. The van der Waals surface area contributed by atoms with Crippen LogP contribution in [0.1, 0.15) is 11.3 Å². The number of rotatable bonds is 3. The minimum absolute atomic E-state index is 0.0181. The molecule has 1 N–H and O–H groups in total. The highest BCUT2D eigenvalue weighted by atomic mass is 35.5. The van der Waals surface area contributed by atoms with Crippen LogP contribution in [0.4, 0.5) is 38.3 Å². The highest BCUT2D eigenvalue weighted by Gasteiger charge is 2.41. The second kappa shape index (κ2) is 7.71. The van der Waals surface area contributed by atoms with Crippen molar-refractivity contribution in [2.45, 2.75) is 19.1 Å². The number of aryl methyl sites for hydroxylation is 1. The van der Waals surface area contributed by atoms with Gasteiger partial charge in [-0.2, -0.15) is 13.2 Å². The van der Waals surface area contributed by atoms with Gasteiger partial charge in [-0.05, 0) is 31.2 Å². The van der Waals surface area contributed by atoms with E-state index in [4.69, 9.17) is 11.6 Å². The second-order valence-corrected chi connectivity index (χ2v) is 6.89. The van der Waals surface area contributed by atoms with Crippen molar-refractivity contribution >= 4 is 35.0 Å². The first kappa shape index (κ1) is 21.8. The summed E-state index contributed by atoms with van der Waals surface area (Å²) in [6.07, 6.45) is -4.69. The Morgan fingerprint density at radius 2 is 1.97 bits per heavy atom. The third-order valence-corrected chi connectivity index (χ3v) is 4.83. The van der Waals surface area contributed by atoms with E-state index in [2.05, 4.69) is 10.3 Å². The lowest BCUT2D eigenvalue weighted by Gasteiger charge is -2.27. The van der Waals surface area contributed by atoms with Crippen LogP contribution in [0, 0.1) is 18.6 Å². The lowest BCUT2D eigenvalue weighted by atomic mass is 10.1. The molecule has 2 heterocycles. The highest BCUT2D eigenvalue weighted by Crippen LogP contribution is 2.33. The quantitative estimate of drug-likeness (QED) is 0.572. The number of hydrogen-bond donors (Lipinski definition) is 1. The standard InChI is InChI=1S/C18H14ClF5N4O2/c1-8-5-9(18(22,23)24)6-13(26-8)28-12(7-25-17(28)30)16(29)27(2)11-4-3-10(20)14(19)15(11)21/h3-6,12H,7H2,1-2H3,(H,25,30)/t12-/m0/s1. The molecule has 1 saturated heterocycles. The predicted octanol–water partition coefficient (Wildman–Crippen LogP) is 3.90. The van der Waals surface area contributed by atoms with Gasteiger partial charge in [-0.25, -0.2) is 18.6 Å². The van der Waals surface area contributed by atoms with Gasteiger partial charge in [-0.3, -0.25) is 9.69 Å². The van der Waals surface area contributed by atoms with Gasteiger partial charge in [0.25, 0.3) is 5.91 Å². The Morgan fingerprint density at radius 1 is 1.30 bits per heavy atom. The third kappa shape index (κ3) is 3.89. The maximum atomic E-state index is 14.3. The van der Waals surface area contributed by atoms with E-state index in [0.29, 0.717) is 6.07 Å². The number of nitrogens with zero attached hydrogens (tertiary/aromatic N) is 3. The molecule has 3 rings (SSSR count). The molecule has 1 aliphatic rings. The molecule has 0 radical (unpaired) electrons. The number of aromatic nitrogens is 1. The molecule has 6 nitrogen and oxygen atoms in total. The van der Waals surface area contributed by atoms with Crippen LogP contribution in [0.2, 0.25) is 5.02 Å². The van der Waals surface area contributed by atoms with Crippen molar-refractivity contribution in [3.05, 3.63) is 52.2 Å². The SMILES string of the molecule is Cc1cc(C(F)(F)F)cc(N2C(=O)NC[C@H]2C(=O)N(C)c2ccc(F)c(Cl)c2F)n1. The highest BCUT2D eigenvalue weighted by molar-refractivity contribution is 6.31. The molecule has 0 bridgehead atoms. The molecule has 0 aliphatic carbocycles. The molecule has 3 amide bonds. The fourth-order valence-corrected chi connectivity index (χ4v) is 3.18. The number of carbonyl (C=O) groups is 2. The van der Waals surface area contributed by atoms with Gasteiger partial charge < -0.3 is 10.2 Å². The van der Waals surface area contributed by atoms with E-state index < -0.39 is 46.4 Å². The molecule has 0 spiro atoms. The molecule has 12 heteroatoms. The topological polar surface area (TPSA) is 65.5 Å². The minimum Gasteiger partial charge on any atom is -0.335 e. The molecule has 0 unspecified atom stereocenters. The lowest BCUT2D eigenvalue weighted by Crippen LogP contribution is -2.47. The number of benzene rings is 1. The maximum absolute atomic E-state index is 14.3. The van der Waals surface area contributed by atoms with E-state index in [9.17, 15) is 31.5 Å². The van der Waals surface area contributed by atoms with E-state index in [-0.39, 0.29) is 23.7 Å². The largest absolute Gasteiger partial charge is 0.416 e. The number of halogens is 6. The number of anilines is 2. The van der Waals surface area contributed by atoms with Crippen LogP contribution >= 0.6 is 11.6 Å². The summed E-state index contributed by atoms with van der Waals surface area (Å²) in [5.41, 5.74) is -1.42. The second-order valence-electron chi connectivity index (χ2n) is 6.52. The number of hydrogen-bond acceptors (Lipinski definition) is 3. The molecule has 1 fully saturated rings. The predicted molar refractivity (Wildman–Crippen MR) is 98.4 cm³/mol. The summed E-state index contributed by atoms with van der Waals surface area (Å²) in [6.45, 7) is 1.06. The van der Waals surface area contributed by atoms with Crippen molar-refractivity contribution < 1.29 is 31.5 Å². The Balaban J connectivity index is 1.98. The number of amides is 3. The van der Waals surface area contributed by atoms with Crippen LogP contribution in [0.5, 0.6) is 0 Å². The van der Waals surface area contributed by atoms with Crippen molar-refractivity contribution in [1.29, 1.82) is 0 Å². The summed E-state index contributed by atoms with van der Waals surface area (Å²) in [4.78, 5) is 30.7. The third-order valence-electron chi connectivity index (χ3n) is 4.48. The summed E-state index contributed by atoms with van der Waals surface area (Å²) in [6, 6.07) is 1.13. The first-order valence-electron chi connectivity index (χ1n) is 8.46. The molecule has 1 aliphatic heterocycles. The van der Waals surface area contributed by atoms with Crippen LogP contribution in [0.25, 0.3) is 0 Å².